The largest absolute Gasteiger partial charge is 0.495 e. The maximum Gasteiger partial charge on any atom is 0.269 e. The van der Waals surface area contributed by atoms with E-state index in [-0.39, 0.29) is 5.91 Å². The first kappa shape index (κ1) is 16.8. The van der Waals surface area contributed by atoms with E-state index in [9.17, 15) is 4.79 Å². The summed E-state index contributed by atoms with van der Waals surface area (Å²) in [6.07, 6.45) is 2.36. The minimum atomic E-state index is -0.204. The molecule has 0 aliphatic rings. The minimum absolute atomic E-state index is 0.204. The fourth-order valence-electron chi connectivity index (χ4n) is 2.04. The van der Waals surface area contributed by atoms with E-state index in [1.807, 2.05) is 24.3 Å². The van der Waals surface area contributed by atoms with Crippen LogP contribution in [0.1, 0.15) is 16.9 Å². The maximum atomic E-state index is 12.1. The predicted molar refractivity (Wildman–Crippen MR) is 89.3 cm³/mol. The SMILES string of the molecule is COCCCNC(=O)c1cc(Nc2ccccc2OC)ccn1. The average Bonchev–Trinajstić information content (AvgIpc) is 2.59. The van der Waals surface area contributed by atoms with Gasteiger partial charge in [0.25, 0.3) is 5.91 Å². The summed E-state index contributed by atoms with van der Waals surface area (Å²) in [6.45, 7) is 1.17. The lowest BCUT2D eigenvalue weighted by Crippen LogP contribution is -2.26. The van der Waals surface area contributed by atoms with Gasteiger partial charge >= 0.3 is 0 Å². The summed E-state index contributed by atoms with van der Waals surface area (Å²) >= 11 is 0. The van der Waals surface area contributed by atoms with E-state index in [2.05, 4.69) is 15.6 Å². The van der Waals surface area contributed by atoms with Crippen molar-refractivity contribution in [2.75, 3.05) is 32.7 Å². The summed E-state index contributed by atoms with van der Waals surface area (Å²) in [7, 11) is 3.25. The Bertz CT molecular complexity index is 646. The van der Waals surface area contributed by atoms with Crippen LogP contribution in [0.5, 0.6) is 5.75 Å². The molecule has 0 spiro atoms. The molecule has 0 bridgehead atoms. The standard InChI is InChI=1S/C17H21N3O3/c1-22-11-5-9-19-17(21)15-12-13(8-10-18-15)20-14-6-3-4-7-16(14)23-2/h3-4,6-8,10,12H,5,9,11H2,1-2H3,(H,18,20)(H,19,21). The van der Waals surface area contributed by atoms with E-state index in [0.29, 0.717) is 18.8 Å². The smallest absolute Gasteiger partial charge is 0.269 e. The van der Waals surface area contributed by atoms with Gasteiger partial charge in [-0.3, -0.25) is 9.78 Å². The number of ether oxygens (including phenoxy) is 2. The number of rotatable bonds is 8. The minimum Gasteiger partial charge on any atom is -0.495 e. The first-order valence-electron chi connectivity index (χ1n) is 7.38. The number of amides is 1. The van der Waals surface area contributed by atoms with Gasteiger partial charge in [-0.2, -0.15) is 0 Å². The van der Waals surface area contributed by atoms with Crippen molar-refractivity contribution < 1.29 is 14.3 Å². The van der Waals surface area contributed by atoms with Gasteiger partial charge in [-0.25, -0.2) is 0 Å². The molecular formula is C17H21N3O3. The van der Waals surface area contributed by atoms with Gasteiger partial charge in [0.05, 0.1) is 12.8 Å². The molecule has 23 heavy (non-hydrogen) atoms. The van der Waals surface area contributed by atoms with Crippen molar-refractivity contribution >= 4 is 17.3 Å². The number of nitrogens with one attached hydrogen (secondary N) is 2. The number of carbonyl (C=O) groups excluding carboxylic acids is 1. The molecule has 2 N–H and O–H groups in total. The van der Waals surface area contributed by atoms with Crippen molar-refractivity contribution in [2.24, 2.45) is 0 Å². The second-order valence-corrected chi connectivity index (χ2v) is 4.86. The van der Waals surface area contributed by atoms with Crippen LogP contribution in [0.25, 0.3) is 0 Å². The quantitative estimate of drug-likeness (QED) is 0.733. The molecule has 1 aromatic carbocycles. The van der Waals surface area contributed by atoms with Crippen molar-refractivity contribution in [2.45, 2.75) is 6.42 Å². The highest BCUT2D eigenvalue weighted by molar-refractivity contribution is 5.93. The van der Waals surface area contributed by atoms with E-state index in [1.165, 1.54) is 0 Å². The van der Waals surface area contributed by atoms with Crippen molar-refractivity contribution in [1.29, 1.82) is 0 Å². The van der Waals surface area contributed by atoms with Gasteiger partial charge in [-0.1, -0.05) is 12.1 Å². The van der Waals surface area contributed by atoms with Crippen LogP contribution in [0, 0.1) is 0 Å². The van der Waals surface area contributed by atoms with Gasteiger partial charge in [0.15, 0.2) is 0 Å². The molecule has 0 aliphatic heterocycles. The lowest BCUT2D eigenvalue weighted by molar-refractivity contribution is 0.0943. The molecule has 2 rings (SSSR count). The number of aromatic nitrogens is 1. The van der Waals surface area contributed by atoms with Gasteiger partial charge in [0.1, 0.15) is 11.4 Å². The van der Waals surface area contributed by atoms with Crippen LogP contribution < -0.4 is 15.4 Å². The van der Waals surface area contributed by atoms with E-state index in [4.69, 9.17) is 9.47 Å². The second kappa shape index (κ2) is 8.75. The third kappa shape index (κ3) is 4.96. The predicted octanol–water partition coefficient (Wildman–Crippen LogP) is 2.60. The van der Waals surface area contributed by atoms with Gasteiger partial charge in [0, 0.05) is 32.1 Å². The molecule has 6 nitrogen and oxygen atoms in total. The Morgan fingerprint density at radius 2 is 2.04 bits per heavy atom. The fourth-order valence-corrected chi connectivity index (χ4v) is 2.04. The summed E-state index contributed by atoms with van der Waals surface area (Å²) < 4.78 is 10.2. The van der Waals surface area contributed by atoms with Crippen molar-refractivity contribution in [3.05, 3.63) is 48.3 Å². The van der Waals surface area contributed by atoms with Crippen LogP contribution in [0.15, 0.2) is 42.6 Å². The number of methoxy groups -OCH3 is 2. The number of anilines is 2. The third-order valence-electron chi connectivity index (χ3n) is 3.19. The van der Waals surface area contributed by atoms with Crippen LogP contribution in [0.2, 0.25) is 0 Å². The summed E-state index contributed by atoms with van der Waals surface area (Å²) in [5.74, 6) is 0.527. The fraction of sp³-hybridized carbons (Fsp3) is 0.294. The molecule has 2 aromatic rings. The zero-order chi connectivity index (χ0) is 16.5. The number of hydrogen-bond donors (Lipinski definition) is 2. The number of benzene rings is 1. The number of hydrogen-bond acceptors (Lipinski definition) is 5. The number of nitrogens with zero attached hydrogens (tertiary/aromatic N) is 1. The van der Waals surface area contributed by atoms with E-state index < -0.39 is 0 Å². The van der Waals surface area contributed by atoms with Crippen LogP contribution in [-0.4, -0.2) is 38.3 Å². The molecule has 0 atom stereocenters. The lowest BCUT2D eigenvalue weighted by atomic mass is 10.2. The Hall–Kier alpha value is -2.60. The van der Waals surface area contributed by atoms with E-state index >= 15 is 0 Å². The Kier molecular flexibility index (Phi) is 6.38. The normalized spacial score (nSPS) is 10.2. The Morgan fingerprint density at radius 1 is 1.22 bits per heavy atom. The van der Waals surface area contributed by atoms with E-state index in [0.717, 1.165) is 23.5 Å². The van der Waals surface area contributed by atoms with Crippen LogP contribution in [0.3, 0.4) is 0 Å². The molecule has 0 saturated heterocycles. The third-order valence-corrected chi connectivity index (χ3v) is 3.19. The molecule has 0 saturated carbocycles. The number of pyridine rings is 1. The molecule has 0 fully saturated rings. The van der Waals surface area contributed by atoms with Gasteiger partial charge in [-0.05, 0) is 30.7 Å². The van der Waals surface area contributed by atoms with Crippen molar-refractivity contribution in [3.8, 4) is 5.75 Å². The maximum absolute atomic E-state index is 12.1. The molecule has 1 heterocycles. The highest BCUT2D eigenvalue weighted by Crippen LogP contribution is 2.26. The summed E-state index contributed by atoms with van der Waals surface area (Å²) in [6, 6.07) is 11.1. The van der Waals surface area contributed by atoms with Crippen LogP contribution in [-0.2, 0) is 4.74 Å². The van der Waals surface area contributed by atoms with Crippen LogP contribution >= 0.6 is 0 Å². The first-order chi connectivity index (χ1) is 11.2. The van der Waals surface area contributed by atoms with Crippen molar-refractivity contribution in [3.63, 3.8) is 0 Å². The van der Waals surface area contributed by atoms with E-state index in [1.54, 1.807) is 32.5 Å². The lowest BCUT2D eigenvalue weighted by Gasteiger charge is -2.11. The Balaban J connectivity index is 2.03. The topological polar surface area (TPSA) is 72.5 Å². The van der Waals surface area contributed by atoms with Crippen molar-refractivity contribution in [1.82, 2.24) is 10.3 Å². The number of para-hydroxylation sites is 2. The molecule has 1 amide bonds. The highest BCUT2D eigenvalue weighted by atomic mass is 16.5. The summed E-state index contributed by atoms with van der Waals surface area (Å²) in [5, 5.41) is 6.04. The zero-order valence-electron chi connectivity index (χ0n) is 13.3. The molecule has 122 valence electrons. The summed E-state index contributed by atoms with van der Waals surface area (Å²) in [4.78, 5) is 16.2. The zero-order valence-corrected chi connectivity index (χ0v) is 13.3. The number of carbonyl (C=O) groups is 1. The van der Waals surface area contributed by atoms with Gasteiger partial charge < -0.3 is 20.1 Å². The monoisotopic (exact) mass is 315 g/mol. The molecule has 1 aromatic heterocycles. The molecule has 0 radical (unpaired) electrons. The molecule has 0 unspecified atom stereocenters. The van der Waals surface area contributed by atoms with Gasteiger partial charge in [-0.15, -0.1) is 0 Å². The van der Waals surface area contributed by atoms with Gasteiger partial charge in [0.2, 0.25) is 0 Å². The van der Waals surface area contributed by atoms with Crippen LogP contribution in [0.4, 0.5) is 11.4 Å². The highest BCUT2D eigenvalue weighted by Gasteiger charge is 2.08. The molecular weight excluding hydrogens is 294 g/mol. The first-order valence-corrected chi connectivity index (χ1v) is 7.38. The second-order valence-electron chi connectivity index (χ2n) is 4.86. The molecule has 0 aliphatic carbocycles. The Morgan fingerprint density at radius 3 is 2.83 bits per heavy atom. The molecule has 6 heteroatoms. The average molecular weight is 315 g/mol. The summed E-state index contributed by atoms with van der Waals surface area (Å²) in [5.41, 5.74) is 1.96. The Labute approximate surface area is 135 Å².